The summed E-state index contributed by atoms with van der Waals surface area (Å²) in [5, 5.41) is 0. The number of unbranched alkanes of at least 4 members (excludes halogenated alkanes) is 31. The first-order valence-corrected chi connectivity index (χ1v) is 33.4. The highest BCUT2D eigenvalue weighted by Gasteiger charge is 2.19. The summed E-state index contributed by atoms with van der Waals surface area (Å²) in [4.78, 5) is 38.2. The van der Waals surface area contributed by atoms with Gasteiger partial charge in [0.1, 0.15) is 13.2 Å². The number of ether oxygens (including phenoxy) is 3. The Morgan fingerprint density at radius 1 is 0.266 bits per heavy atom. The van der Waals surface area contributed by atoms with Gasteiger partial charge in [0.25, 0.3) is 0 Å². The molecule has 0 spiro atoms. The fraction of sp³-hybridized carbons (Fsp3) is 0.712. The van der Waals surface area contributed by atoms with Crippen molar-refractivity contribution in [1.82, 2.24) is 0 Å². The summed E-state index contributed by atoms with van der Waals surface area (Å²) >= 11 is 0. The number of hydrogen-bond acceptors (Lipinski definition) is 6. The van der Waals surface area contributed by atoms with Crippen molar-refractivity contribution in [2.75, 3.05) is 13.2 Å². The van der Waals surface area contributed by atoms with Crippen molar-refractivity contribution in [2.24, 2.45) is 0 Å². The summed E-state index contributed by atoms with van der Waals surface area (Å²) < 4.78 is 16.8. The van der Waals surface area contributed by atoms with E-state index in [1.807, 2.05) is 0 Å². The Morgan fingerprint density at radius 3 is 0.810 bits per heavy atom. The molecule has 0 aromatic heterocycles. The predicted octanol–water partition coefficient (Wildman–Crippen LogP) is 23.0. The van der Waals surface area contributed by atoms with E-state index in [1.165, 1.54) is 154 Å². The van der Waals surface area contributed by atoms with Gasteiger partial charge in [-0.25, -0.2) is 0 Å². The van der Waals surface area contributed by atoms with E-state index in [9.17, 15) is 14.4 Å². The molecule has 0 radical (unpaired) electrons. The zero-order chi connectivity index (χ0) is 57.1. The van der Waals surface area contributed by atoms with Gasteiger partial charge in [-0.05, 0) is 116 Å². The first-order valence-electron chi connectivity index (χ1n) is 33.4. The van der Waals surface area contributed by atoms with Crippen molar-refractivity contribution in [2.45, 2.75) is 322 Å². The lowest BCUT2D eigenvalue weighted by atomic mass is 10.0. The molecular formula is C73H124O6. The van der Waals surface area contributed by atoms with Crippen LogP contribution in [-0.2, 0) is 28.6 Å². The largest absolute Gasteiger partial charge is 0.462 e. The summed E-state index contributed by atoms with van der Waals surface area (Å²) in [6.45, 7) is 6.35. The average Bonchev–Trinajstić information content (AvgIpc) is 3.45. The van der Waals surface area contributed by atoms with E-state index in [1.54, 1.807) is 0 Å². The molecule has 0 aliphatic carbocycles. The molecule has 0 aliphatic rings. The molecule has 1 atom stereocenters. The molecule has 0 aromatic rings. The minimum atomic E-state index is -0.802. The molecule has 1 unspecified atom stereocenters. The van der Waals surface area contributed by atoms with Crippen LogP contribution < -0.4 is 0 Å². The molecule has 0 amide bonds. The maximum absolute atomic E-state index is 12.8. The lowest BCUT2D eigenvalue weighted by Crippen LogP contribution is -2.30. The minimum Gasteiger partial charge on any atom is -0.462 e. The molecule has 6 heteroatoms. The van der Waals surface area contributed by atoms with E-state index in [0.717, 1.165) is 116 Å². The van der Waals surface area contributed by atoms with E-state index in [4.69, 9.17) is 14.2 Å². The molecule has 6 nitrogen and oxygen atoms in total. The smallest absolute Gasteiger partial charge is 0.306 e. The van der Waals surface area contributed by atoms with Crippen LogP contribution in [0.2, 0.25) is 0 Å². The van der Waals surface area contributed by atoms with Gasteiger partial charge in [-0.1, -0.05) is 291 Å². The summed E-state index contributed by atoms with van der Waals surface area (Å²) in [7, 11) is 0. The van der Waals surface area contributed by atoms with Gasteiger partial charge < -0.3 is 14.2 Å². The van der Waals surface area contributed by atoms with Crippen LogP contribution in [-0.4, -0.2) is 37.2 Å². The molecule has 452 valence electrons. The molecule has 79 heavy (non-hydrogen) atoms. The van der Waals surface area contributed by atoms with E-state index >= 15 is 0 Å². The first-order chi connectivity index (χ1) is 39.0. The highest BCUT2D eigenvalue weighted by atomic mass is 16.6. The molecule has 0 bridgehead atoms. The predicted molar refractivity (Wildman–Crippen MR) is 343 cm³/mol. The van der Waals surface area contributed by atoms with Gasteiger partial charge in [0, 0.05) is 19.3 Å². The van der Waals surface area contributed by atoms with Gasteiger partial charge in [-0.3, -0.25) is 14.4 Å². The highest BCUT2D eigenvalue weighted by molar-refractivity contribution is 5.71. The second kappa shape index (κ2) is 66.6. The van der Waals surface area contributed by atoms with Crippen LogP contribution in [0.3, 0.4) is 0 Å². The van der Waals surface area contributed by atoms with Gasteiger partial charge in [-0.15, -0.1) is 0 Å². The zero-order valence-corrected chi connectivity index (χ0v) is 51.9. The van der Waals surface area contributed by atoms with Crippen LogP contribution in [0.15, 0.2) is 109 Å². The Balaban J connectivity index is 4.09. The Morgan fingerprint density at radius 2 is 0.494 bits per heavy atom. The Bertz CT molecular complexity index is 1590. The molecule has 0 saturated carbocycles. The van der Waals surface area contributed by atoms with Crippen molar-refractivity contribution in [3.05, 3.63) is 109 Å². The normalized spacial score (nSPS) is 12.8. The van der Waals surface area contributed by atoms with Crippen LogP contribution in [0.25, 0.3) is 0 Å². The third-order valence-electron chi connectivity index (χ3n) is 14.2. The van der Waals surface area contributed by atoms with E-state index in [2.05, 4.69) is 130 Å². The standard InChI is InChI=1S/C73H124O6/c1-4-7-10-13-16-19-22-24-26-27-28-29-30-31-32-33-34-35-36-37-38-39-40-41-42-43-44-45-47-48-51-54-57-60-63-66-72(75)78-69-70(68-77-71(74)65-62-59-56-53-50-21-18-15-12-9-6-3)79-73(76)67-64-61-58-55-52-49-46-25-23-20-17-14-11-8-5-2/h7-8,10-11,15-20,24-26,28-29,46,52,55,70H,4-6,9,12-14,21-23,27,30-45,47-51,53-54,56-69H2,1-3H3/b10-7-,11-8-,18-15-,19-16-,20-17-,26-24-,29-28-,46-25-,55-52-. The van der Waals surface area contributed by atoms with Crippen LogP contribution in [0.5, 0.6) is 0 Å². The third kappa shape index (κ3) is 64.8. The zero-order valence-electron chi connectivity index (χ0n) is 51.9. The Labute approximate surface area is 489 Å². The van der Waals surface area contributed by atoms with Crippen LogP contribution >= 0.6 is 0 Å². The maximum Gasteiger partial charge on any atom is 0.306 e. The highest BCUT2D eigenvalue weighted by Crippen LogP contribution is 2.17. The van der Waals surface area contributed by atoms with Crippen molar-refractivity contribution >= 4 is 17.9 Å². The number of esters is 3. The second-order valence-electron chi connectivity index (χ2n) is 22.0. The molecule has 0 heterocycles. The Kier molecular flexibility index (Phi) is 63.3. The lowest BCUT2D eigenvalue weighted by molar-refractivity contribution is -0.167. The van der Waals surface area contributed by atoms with E-state index < -0.39 is 6.10 Å². The van der Waals surface area contributed by atoms with Crippen molar-refractivity contribution in [3.63, 3.8) is 0 Å². The van der Waals surface area contributed by atoms with Crippen LogP contribution in [0, 0.1) is 0 Å². The van der Waals surface area contributed by atoms with Crippen LogP contribution in [0.4, 0.5) is 0 Å². The molecule has 0 aliphatic heterocycles. The lowest BCUT2D eigenvalue weighted by Gasteiger charge is -2.18. The molecular weight excluding hydrogens is 973 g/mol. The quantitative estimate of drug-likeness (QED) is 0.0261. The SMILES string of the molecule is CC/C=C\C/C=C\C/C=C\C/C=C\CCCCCCCCCCCCCCCCCCCCCCCCC(=O)OCC(COC(=O)CCCCCCC/C=C\CCCC)OC(=O)CCCC/C=C\C/C=C\C/C=C\C/C=C\CC. The number of carbonyl (C=O) groups is 3. The number of rotatable bonds is 60. The summed E-state index contributed by atoms with van der Waals surface area (Å²) in [5.41, 5.74) is 0. The summed E-state index contributed by atoms with van der Waals surface area (Å²) in [6.07, 6.45) is 91.4. The maximum atomic E-state index is 12.8. The van der Waals surface area contributed by atoms with Crippen molar-refractivity contribution in [1.29, 1.82) is 0 Å². The second-order valence-corrected chi connectivity index (χ2v) is 22.0. The van der Waals surface area contributed by atoms with Gasteiger partial charge in [0.2, 0.25) is 0 Å². The van der Waals surface area contributed by atoms with Crippen LogP contribution in [0.1, 0.15) is 316 Å². The third-order valence-corrected chi connectivity index (χ3v) is 14.2. The van der Waals surface area contributed by atoms with Gasteiger partial charge in [-0.2, -0.15) is 0 Å². The van der Waals surface area contributed by atoms with E-state index in [0.29, 0.717) is 19.3 Å². The van der Waals surface area contributed by atoms with Gasteiger partial charge in [0.15, 0.2) is 6.10 Å². The summed E-state index contributed by atoms with van der Waals surface area (Å²) in [5.74, 6) is -0.938. The minimum absolute atomic E-state index is 0.0947. The topological polar surface area (TPSA) is 78.9 Å². The molecule has 0 rings (SSSR count). The number of hydrogen-bond donors (Lipinski definition) is 0. The molecule has 0 aromatic carbocycles. The first kappa shape index (κ1) is 75.1. The summed E-state index contributed by atoms with van der Waals surface area (Å²) in [6, 6.07) is 0. The number of allylic oxidation sites excluding steroid dienone is 18. The van der Waals surface area contributed by atoms with Crippen molar-refractivity contribution in [3.8, 4) is 0 Å². The van der Waals surface area contributed by atoms with Crippen molar-refractivity contribution < 1.29 is 28.6 Å². The molecule has 0 fully saturated rings. The van der Waals surface area contributed by atoms with Gasteiger partial charge in [0.05, 0.1) is 0 Å². The Hall–Kier alpha value is -3.93. The molecule has 0 saturated heterocycles. The van der Waals surface area contributed by atoms with Gasteiger partial charge >= 0.3 is 17.9 Å². The fourth-order valence-electron chi connectivity index (χ4n) is 9.29. The average molecular weight is 1100 g/mol. The van der Waals surface area contributed by atoms with E-state index in [-0.39, 0.29) is 37.5 Å². The monoisotopic (exact) mass is 1100 g/mol. The fourth-order valence-corrected chi connectivity index (χ4v) is 9.29. The molecule has 0 N–H and O–H groups in total. The number of carbonyl (C=O) groups excluding carboxylic acids is 3.